The fourth-order valence-corrected chi connectivity index (χ4v) is 1.65. The van der Waals surface area contributed by atoms with E-state index in [-0.39, 0.29) is 12.6 Å². The first kappa shape index (κ1) is 13.4. The Morgan fingerprint density at radius 2 is 2.16 bits per heavy atom. The maximum Gasteiger partial charge on any atom is 0.315 e. The van der Waals surface area contributed by atoms with Crippen molar-refractivity contribution in [1.82, 2.24) is 10.6 Å². The van der Waals surface area contributed by atoms with Crippen molar-refractivity contribution in [3.63, 3.8) is 0 Å². The van der Waals surface area contributed by atoms with Gasteiger partial charge in [0.2, 0.25) is 0 Å². The number of hydrogen-bond donors (Lipinski definition) is 3. The molecule has 4 nitrogen and oxygen atoms in total. The van der Waals surface area contributed by atoms with Gasteiger partial charge in [-0.25, -0.2) is 4.79 Å². The number of aliphatic hydroxyl groups is 1. The summed E-state index contributed by atoms with van der Waals surface area (Å²) in [5.41, 5.74) is 1.88. The maximum absolute atomic E-state index is 11.5. The van der Waals surface area contributed by atoms with Crippen LogP contribution in [0.15, 0.2) is 24.3 Å². The highest BCUT2D eigenvalue weighted by atomic mass is 16.2. The molecule has 0 heterocycles. The van der Waals surface area contributed by atoms with Crippen molar-refractivity contribution in [2.24, 2.45) is 0 Å². The lowest BCUT2D eigenvalue weighted by atomic mass is 10.1. The van der Waals surface area contributed by atoms with Crippen molar-refractivity contribution in [3.05, 3.63) is 35.4 Å². The molecule has 2 amide bonds. The number of urea groups is 1. The summed E-state index contributed by atoms with van der Waals surface area (Å²) in [6.45, 7) is 0.528. The van der Waals surface area contributed by atoms with Gasteiger partial charge < -0.3 is 15.7 Å². The molecule has 2 rings (SSSR count). The minimum atomic E-state index is -0.124. The molecule has 0 atom stereocenters. The van der Waals surface area contributed by atoms with E-state index in [1.165, 1.54) is 0 Å². The Bertz CT molecular complexity index is 498. The lowest BCUT2D eigenvalue weighted by Crippen LogP contribution is -2.36. The standard InChI is InChI=1S/C15H18N2O2/c18-10-4-3-6-12-5-1-2-7-13(12)11-16-15(19)17-14-8-9-14/h1-2,5,7,14,18H,4,8-11H2,(H2,16,17,19). The summed E-state index contributed by atoms with van der Waals surface area (Å²) in [6.07, 6.45) is 2.62. The van der Waals surface area contributed by atoms with E-state index in [1.54, 1.807) is 0 Å². The fraction of sp³-hybridized carbons (Fsp3) is 0.400. The molecule has 0 saturated heterocycles. The molecule has 0 radical (unpaired) electrons. The van der Waals surface area contributed by atoms with E-state index < -0.39 is 0 Å². The third-order valence-electron chi connectivity index (χ3n) is 2.83. The third-order valence-corrected chi connectivity index (χ3v) is 2.83. The number of benzene rings is 1. The van der Waals surface area contributed by atoms with E-state index in [4.69, 9.17) is 5.11 Å². The summed E-state index contributed by atoms with van der Waals surface area (Å²) in [6, 6.07) is 7.94. The van der Waals surface area contributed by atoms with Crippen LogP contribution in [0.1, 0.15) is 30.4 Å². The number of carbonyl (C=O) groups excluding carboxylic acids is 1. The number of nitrogens with one attached hydrogen (secondary N) is 2. The van der Waals surface area contributed by atoms with Crippen LogP contribution in [0.25, 0.3) is 0 Å². The first-order chi connectivity index (χ1) is 9.29. The van der Waals surface area contributed by atoms with E-state index in [1.807, 2.05) is 24.3 Å². The van der Waals surface area contributed by atoms with E-state index >= 15 is 0 Å². The second kappa shape index (κ2) is 6.81. The van der Waals surface area contributed by atoms with Gasteiger partial charge in [-0.05, 0) is 24.5 Å². The molecule has 1 aliphatic carbocycles. The summed E-state index contributed by atoms with van der Waals surface area (Å²) in [5, 5.41) is 14.4. The predicted octanol–water partition coefficient (Wildman–Crippen LogP) is 1.38. The Morgan fingerprint density at radius 3 is 2.89 bits per heavy atom. The molecule has 4 heteroatoms. The van der Waals surface area contributed by atoms with Gasteiger partial charge in [-0.3, -0.25) is 0 Å². The van der Waals surface area contributed by atoms with E-state index in [9.17, 15) is 4.79 Å². The Hall–Kier alpha value is -1.99. The average Bonchev–Trinajstić information content (AvgIpc) is 3.22. The highest BCUT2D eigenvalue weighted by molar-refractivity contribution is 5.74. The van der Waals surface area contributed by atoms with Gasteiger partial charge in [0.1, 0.15) is 0 Å². The Balaban J connectivity index is 1.91. The lowest BCUT2D eigenvalue weighted by Gasteiger charge is -2.08. The molecule has 1 aromatic rings. The average molecular weight is 258 g/mol. The van der Waals surface area contributed by atoms with Crippen molar-refractivity contribution in [2.75, 3.05) is 6.61 Å². The third kappa shape index (κ3) is 4.65. The molecule has 0 spiro atoms. The monoisotopic (exact) mass is 258 g/mol. The zero-order chi connectivity index (χ0) is 13.5. The van der Waals surface area contributed by atoms with Crippen LogP contribution in [0.3, 0.4) is 0 Å². The minimum absolute atomic E-state index is 0.0667. The summed E-state index contributed by atoms with van der Waals surface area (Å²) >= 11 is 0. The maximum atomic E-state index is 11.5. The molecule has 0 aromatic heterocycles. The summed E-state index contributed by atoms with van der Waals surface area (Å²) < 4.78 is 0. The van der Waals surface area contributed by atoms with Crippen LogP contribution in [0.5, 0.6) is 0 Å². The molecule has 0 unspecified atom stereocenters. The number of amides is 2. The molecule has 100 valence electrons. The van der Waals surface area contributed by atoms with Crippen LogP contribution in [0.4, 0.5) is 4.79 Å². The molecule has 1 saturated carbocycles. The highest BCUT2D eigenvalue weighted by Crippen LogP contribution is 2.18. The number of aliphatic hydroxyl groups excluding tert-OH is 1. The van der Waals surface area contributed by atoms with E-state index in [0.717, 1.165) is 24.0 Å². The van der Waals surface area contributed by atoms with Crippen LogP contribution >= 0.6 is 0 Å². The van der Waals surface area contributed by atoms with Crippen molar-refractivity contribution in [1.29, 1.82) is 0 Å². The molecule has 0 aliphatic heterocycles. The van der Waals surface area contributed by atoms with Gasteiger partial charge in [0.05, 0.1) is 6.61 Å². The Labute approximate surface area is 113 Å². The molecular formula is C15H18N2O2. The quantitative estimate of drug-likeness (QED) is 0.715. The van der Waals surface area contributed by atoms with Gasteiger partial charge in [0.25, 0.3) is 0 Å². The zero-order valence-electron chi connectivity index (χ0n) is 10.8. The fourth-order valence-electron chi connectivity index (χ4n) is 1.65. The molecule has 0 bridgehead atoms. The first-order valence-electron chi connectivity index (χ1n) is 6.51. The van der Waals surface area contributed by atoms with Gasteiger partial charge in [0, 0.05) is 24.6 Å². The Kier molecular flexibility index (Phi) is 4.82. The largest absolute Gasteiger partial charge is 0.395 e. The van der Waals surface area contributed by atoms with Gasteiger partial charge in [-0.15, -0.1) is 0 Å². The van der Waals surface area contributed by atoms with Gasteiger partial charge >= 0.3 is 6.03 Å². The number of rotatable bonds is 4. The topological polar surface area (TPSA) is 61.4 Å². The summed E-state index contributed by atoms with van der Waals surface area (Å²) in [5.74, 6) is 5.90. The van der Waals surface area contributed by atoms with Crippen molar-refractivity contribution < 1.29 is 9.90 Å². The Morgan fingerprint density at radius 1 is 1.37 bits per heavy atom. The minimum Gasteiger partial charge on any atom is -0.395 e. The lowest BCUT2D eigenvalue weighted by molar-refractivity contribution is 0.240. The van der Waals surface area contributed by atoms with Gasteiger partial charge in [-0.1, -0.05) is 30.0 Å². The van der Waals surface area contributed by atoms with E-state index in [0.29, 0.717) is 19.0 Å². The molecular weight excluding hydrogens is 240 g/mol. The van der Waals surface area contributed by atoms with Crippen LogP contribution in [-0.4, -0.2) is 23.8 Å². The van der Waals surface area contributed by atoms with Crippen LogP contribution in [-0.2, 0) is 6.54 Å². The number of hydrogen-bond acceptors (Lipinski definition) is 2. The summed E-state index contributed by atoms with van der Waals surface area (Å²) in [7, 11) is 0. The SMILES string of the molecule is O=C(NCc1ccccc1C#CCCO)NC1CC1. The normalized spacial score (nSPS) is 13.3. The number of carbonyl (C=O) groups is 1. The van der Waals surface area contributed by atoms with Gasteiger partial charge in [0.15, 0.2) is 0 Å². The van der Waals surface area contributed by atoms with E-state index in [2.05, 4.69) is 22.5 Å². The first-order valence-corrected chi connectivity index (χ1v) is 6.51. The highest BCUT2D eigenvalue weighted by Gasteiger charge is 2.22. The molecule has 19 heavy (non-hydrogen) atoms. The summed E-state index contributed by atoms with van der Waals surface area (Å²) in [4.78, 5) is 11.5. The van der Waals surface area contributed by atoms with Crippen LogP contribution < -0.4 is 10.6 Å². The second-order valence-corrected chi connectivity index (χ2v) is 4.53. The molecule has 1 aliphatic rings. The van der Waals surface area contributed by atoms with Crippen molar-refractivity contribution in [3.8, 4) is 11.8 Å². The molecule has 1 fully saturated rings. The zero-order valence-corrected chi connectivity index (χ0v) is 10.8. The second-order valence-electron chi connectivity index (χ2n) is 4.53. The molecule has 3 N–H and O–H groups in total. The van der Waals surface area contributed by atoms with Crippen LogP contribution in [0.2, 0.25) is 0 Å². The van der Waals surface area contributed by atoms with Crippen LogP contribution in [0, 0.1) is 11.8 Å². The van der Waals surface area contributed by atoms with Crippen molar-refractivity contribution >= 4 is 6.03 Å². The smallest absolute Gasteiger partial charge is 0.315 e. The van der Waals surface area contributed by atoms with Crippen molar-refractivity contribution in [2.45, 2.75) is 31.8 Å². The predicted molar refractivity (Wildman–Crippen MR) is 73.4 cm³/mol. The molecule has 1 aromatic carbocycles. The van der Waals surface area contributed by atoms with Gasteiger partial charge in [-0.2, -0.15) is 0 Å².